The Bertz CT molecular complexity index is 646. The van der Waals surface area contributed by atoms with Gasteiger partial charge in [0.1, 0.15) is 5.82 Å². The largest absolute Gasteiger partial charge is 0.504 e. The summed E-state index contributed by atoms with van der Waals surface area (Å²) < 4.78 is 13.5. The zero-order chi connectivity index (χ0) is 14.0. The van der Waals surface area contributed by atoms with Crippen molar-refractivity contribution in [1.29, 1.82) is 0 Å². The summed E-state index contributed by atoms with van der Waals surface area (Å²) in [6.45, 7) is 0. The van der Waals surface area contributed by atoms with Crippen molar-refractivity contribution in [1.82, 2.24) is 0 Å². The third-order valence-electron chi connectivity index (χ3n) is 2.44. The Hall–Kier alpha value is -2.27. The third kappa shape index (κ3) is 2.77. The number of rotatable bonds is 2. The predicted molar refractivity (Wildman–Crippen MR) is 69.1 cm³/mol. The monoisotopic (exact) mass is 281 g/mol. The number of halogens is 2. The first-order valence-electron chi connectivity index (χ1n) is 5.26. The number of carbonyl (C=O) groups excluding carboxylic acids is 1. The van der Waals surface area contributed by atoms with Crippen molar-refractivity contribution in [3.8, 4) is 11.5 Å². The molecule has 2 aromatic rings. The van der Waals surface area contributed by atoms with Crippen molar-refractivity contribution < 1.29 is 19.4 Å². The van der Waals surface area contributed by atoms with Crippen LogP contribution in [0.15, 0.2) is 36.4 Å². The highest BCUT2D eigenvalue weighted by atomic mass is 35.5. The van der Waals surface area contributed by atoms with E-state index in [1.807, 2.05) is 0 Å². The first-order chi connectivity index (χ1) is 8.99. The quantitative estimate of drug-likeness (QED) is 0.741. The summed E-state index contributed by atoms with van der Waals surface area (Å²) in [5, 5.41) is 21.3. The topological polar surface area (TPSA) is 69.6 Å². The lowest BCUT2D eigenvalue weighted by atomic mass is 10.1. The Morgan fingerprint density at radius 1 is 1.21 bits per heavy atom. The van der Waals surface area contributed by atoms with E-state index >= 15 is 0 Å². The number of para-hydroxylation sites is 1. The predicted octanol–water partition coefficient (Wildman–Crippen LogP) is 3.14. The van der Waals surface area contributed by atoms with Gasteiger partial charge in [-0.15, -0.1) is 0 Å². The highest BCUT2D eigenvalue weighted by molar-refractivity contribution is 6.30. The van der Waals surface area contributed by atoms with E-state index in [0.29, 0.717) is 0 Å². The molecule has 19 heavy (non-hydrogen) atoms. The summed E-state index contributed by atoms with van der Waals surface area (Å²) >= 11 is 5.59. The molecule has 3 N–H and O–H groups in total. The molecule has 0 aliphatic rings. The minimum atomic E-state index is -0.741. The number of hydrogen-bond donors (Lipinski definition) is 3. The summed E-state index contributed by atoms with van der Waals surface area (Å²) in [4.78, 5) is 11.8. The van der Waals surface area contributed by atoms with Crippen LogP contribution in [-0.4, -0.2) is 16.1 Å². The zero-order valence-corrected chi connectivity index (χ0v) is 10.3. The normalized spacial score (nSPS) is 10.2. The smallest absolute Gasteiger partial charge is 0.259 e. The number of hydrogen-bond acceptors (Lipinski definition) is 3. The Balaban J connectivity index is 2.28. The second-order valence-electron chi connectivity index (χ2n) is 3.75. The molecule has 0 fully saturated rings. The average Bonchev–Trinajstić information content (AvgIpc) is 2.36. The number of carbonyl (C=O) groups is 1. The number of benzene rings is 2. The number of nitrogens with one attached hydrogen (secondary N) is 1. The molecule has 0 unspecified atom stereocenters. The lowest BCUT2D eigenvalue weighted by Gasteiger charge is -2.08. The standard InChI is InChI=1S/C13H9ClFNO3/c14-7-4-5-10(9(15)6-7)16-13(19)8-2-1-3-11(17)12(8)18/h1-6,17-18H,(H,16,19). The fourth-order valence-corrected chi connectivity index (χ4v) is 1.65. The lowest BCUT2D eigenvalue weighted by Crippen LogP contribution is -2.13. The Labute approximate surface area is 113 Å². The van der Waals surface area contributed by atoms with E-state index in [4.69, 9.17) is 11.6 Å². The molecular formula is C13H9ClFNO3. The van der Waals surface area contributed by atoms with Crippen LogP contribution in [0.25, 0.3) is 0 Å². The van der Waals surface area contributed by atoms with Gasteiger partial charge in [-0.3, -0.25) is 4.79 Å². The van der Waals surface area contributed by atoms with Gasteiger partial charge in [-0.2, -0.15) is 0 Å². The third-order valence-corrected chi connectivity index (χ3v) is 2.67. The molecule has 0 heterocycles. The second kappa shape index (κ2) is 5.16. The van der Waals surface area contributed by atoms with Crippen LogP contribution in [0.1, 0.15) is 10.4 Å². The minimum Gasteiger partial charge on any atom is -0.504 e. The van der Waals surface area contributed by atoms with E-state index < -0.39 is 23.2 Å². The van der Waals surface area contributed by atoms with E-state index in [1.165, 1.54) is 30.3 Å². The molecule has 0 saturated heterocycles. The molecule has 0 saturated carbocycles. The number of anilines is 1. The maximum absolute atomic E-state index is 13.5. The fourth-order valence-electron chi connectivity index (χ4n) is 1.50. The highest BCUT2D eigenvalue weighted by Crippen LogP contribution is 2.29. The van der Waals surface area contributed by atoms with Gasteiger partial charge >= 0.3 is 0 Å². The van der Waals surface area contributed by atoms with Crippen LogP contribution in [0.3, 0.4) is 0 Å². The average molecular weight is 282 g/mol. The van der Waals surface area contributed by atoms with Gasteiger partial charge in [0.2, 0.25) is 0 Å². The molecule has 1 amide bonds. The van der Waals surface area contributed by atoms with Crippen LogP contribution in [0.4, 0.5) is 10.1 Å². The van der Waals surface area contributed by atoms with Crippen molar-refractivity contribution in [3.05, 3.63) is 52.8 Å². The van der Waals surface area contributed by atoms with E-state index in [0.717, 1.165) is 6.07 Å². The first kappa shape index (κ1) is 13.2. The van der Waals surface area contributed by atoms with Crippen LogP contribution in [0.2, 0.25) is 5.02 Å². The zero-order valence-electron chi connectivity index (χ0n) is 9.52. The van der Waals surface area contributed by atoms with Gasteiger partial charge < -0.3 is 15.5 Å². The highest BCUT2D eigenvalue weighted by Gasteiger charge is 2.15. The van der Waals surface area contributed by atoms with Gasteiger partial charge in [-0.05, 0) is 30.3 Å². The van der Waals surface area contributed by atoms with Gasteiger partial charge in [-0.25, -0.2) is 4.39 Å². The molecule has 0 atom stereocenters. The summed E-state index contributed by atoms with van der Waals surface area (Å²) in [6, 6.07) is 7.70. The SMILES string of the molecule is O=C(Nc1ccc(Cl)cc1F)c1cccc(O)c1O. The lowest BCUT2D eigenvalue weighted by molar-refractivity contribution is 0.102. The van der Waals surface area contributed by atoms with Crippen LogP contribution in [0, 0.1) is 5.82 Å². The maximum atomic E-state index is 13.5. The van der Waals surface area contributed by atoms with E-state index in [9.17, 15) is 19.4 Å². The van der Waals surface area contributed by atoms with Crippen molar-refractivity contribution in [2.45, 2.75) is 0 Å². The van der Waals surface area contributed by atoms with Gasteiger partial charge in [-0.1, -0.05) is 17.7 Å². The molecule has 0 aliphatic carbocycles. The molecule has 0 radical (unpaired) electrons. The Morgan fingerprint density at radius 2 is 1.95 bits per heavy atom. The molecule has 2 rings (SSSR count). The minimum absolute atomic E-state index is 0.0721. The number of amides is 1. The molecule has 2 aromatic carbocycles. The molecular weight excluding hydrogens is 273 g/mol. The molecule has 0 aromatic heterocycles. The van der Waals surface area contributed by atoms with Gasteiger partial charge in [0.05, 0.1) is 11.3 Å². The van der Waals surface area contributed by atoms with Gasteiger partial charge in [0.15, 0.2) is 11.5 Å². The number of phenolic OH excluding ortho intramolecular Hbond substituents is 2. The van der Waals surface area contributed by atoms with Crippen LogP contribution >= 0.6 is 11.6 Å². The van der Waals surface area contributed by atoms with E-state index in [2.05, 4.69) is 5.32 Å². The molecule has 0 aliphatic heterocycles. The summed E-state index contributed by atoms with van der Waals surface area (Å²) in [5.41, 5.74) is -0.230. The van der Waals surface area contributed by atoms with Gasteiger partial charge in [0, 0.05) is 5.02 Å². The van der Waals surface area contributed by atoms with Crippen LogP contribution in [0.5, 0.6) is 11.5 Å². The van der Waals surface area contributed by atoms with Crippen LogP contribution < -0.4 is 5.32 Å². The number of phenols is 2. The maximum Gasteiger partial charge on any atom is 0.259 e. The molecule has 98 valence electrons. The summed E-state index contributed by atoms with van der Waals surface area (Å²) in [6.07, 6.45) is 0. The first-order valence-corrected chi connectivity index (χ1v) is 5.64. The summed E-state index contributed by atoms with van der Waals surface area (Å²) in [7, 11) is 0. The van der Waals surface area contributed by atoms with E-state index in [1.54, 1.807) is 0 Å². The van der Waals surface area contributed by atoms with Crippen molar-refractivity contribution in [3.63, 3.8) is 0 Å². The van der Waals surface area contributed by atoms with Gasteiger partial charge in [0.25, 0.3) is 5.91 Å². The molecule has 4 nitrogen and oxygen atoms in total. The van der Waals surface area contributed by atoms with Crippen LogP contribution in [-0.2, 0) is 0 Å². The molecule has 0 bridgehead atoms. The van der Waals surface area contributed by atoms with Crippen molar-refractivity contribution in [2.24, 2.45) is 0 Å². The van der Waals surface area contributed by atoms with Crippen molar-refractivity contribution in [2.75, 3.05) is 5.32 Å². The second-order valence-corrected chi connectivity index (χ2v) is 4.19. The Kier molecular flexibility index (Phi) is 3.57. The van der Waals surface area contributed by atoms with Crippen molar-refractivity contribution >= 4 is 23.2 Å². The fraction of sp³-hybridized carbons (Fsp3) is 0. The van der Waals surface area contributed by atoms with E-state index in [-0.39, 0.29) is 16.3 Å². The Morgan fingerprint density at radius 3 is 2.63 bits per heavy atom. The molecule has 0 spiro atoms. The number of aromatic hydroxyl groups is 2. The summed E-state index contributed by atoms with van der Waals surface area (Å²) in [5.74, 6) is -2.42. The molecule has 6 heteroatoms.